The van der Waals surface area contributed by atoms with E-state index in [2.05, 4.69) is 48.2 Å². The summed E-state index contributed by atoms with van der Waals surface area (Å²) in [7, 11) is 0. The van der Waals surface area contributed by atoms with E-state index in [4.69, 9.17) is 9.84 Å². The molecule has 1 unspecified atom stereocenters. The van der Waals surface area contributed by atoms with Crippen LogP contribution in [0.5, 0.6) is 5.75 Å². The first-order chi connectivity index (χ1) is 17.2. The Morgan fingerprint density at radius 2 is 1.69 bits per heavy atom. The summed E-state index contributed by atoms with van der Waals surface area (Å²) in [6, 6.07) is 26.2. The third kappa shape index (κ3) is 4.10. The zero-order chi connectivity index (χ0) is 23.8. The molecule has 1 atom stereocenters. The van der Waals surface area contributed by atoms with Crippen molar-refractivity contribution in [1.82, 2.24) is 19.5 Å². The van der Waals surface area contributed by atoms with Crippen molar-refractivity contribution in [2.45, 2.75) is 32.4 Å². The van der Waals surface area contributed by atoms with Gasteiger partial charge in [0.25, 0.3) is 5.56 Å². The zero-order valence-electron chi connectivity index (χ0n) is 19.8. The van der Waals surface area contributed by atoms with Crippen molar-refractivity contribution < 1.29 is 4.74 Å². The van der Waals surface area contributed by atoms with Crippen LogP contribution in [0.2, 0.25) is 0 Å². The van der Waals surface area contributed by atoms with Crippen LogP contribution in [0, 0.1) is 0 Å². The first-order valence-electron chi connectivity index (χ1n) is 12.2. The molecule has 3 aromatic carbocycles. The van der Waals surface area contributed by atoms with E-state index >= 15 is 0 Å². The number of ether oxygens (including phenoxy) is 1. The fourth-order valence-corrected chi connectivity index (χ4v) is 5.04. The van der Waals surface area contributed by atoms with Gasteiger partial charge in [-0.05, 0) is 67.4 Å². The Hall–Kier alpha value is -3.90. The molecule has 6 heteroatoms. The number of benzene rings is 3. The Labute approximate surface area is 203 Å². The molecule has 1 aliphatic rings. The molecule has 2 aromatic heterocycles. The van der Waals surface area contributed by atoms with Gasteiger partial charge in [0, 0.05) is 17.6 Å². The van der Waals surface area contributed by atoms with Gasteiger partial charge in [-0.1, -0.05) is 54.6 Å². The SMILES string of the molecule is CC(c1nn(-n2ccc(OCc3ccc4ccccc4c3)cc2=O)c2ccccc12)N1CCCC1. The van der Waals surface area contributed by atoms with Gasteiger partial charge in [-0.3, -0.25) is 9.69 Å². The summed E-state index contributed by atoms with van der Waals surface area (Å²) in [6.45, 7) is 4.78. The smallest absolute Gasteiger partial charge is 0.274 e. The van der Waals surface area contributed by atoms with Crippen molar-refractivity contribution in [3.05, 3.63) is 107 Å². The van der Waals surface area contributed by atoms with Crippen molar-refractivity contribution in [2.24, 2.45) is 0 Å². The van der Waals surface area contributed by atoms with Gasteiger partial charge < -0.3 is 4.74 Å². The molecule has 0 aliphatic carbocycles. The average Bonchev–Trinajstić information content (AvgIpc) is 3.56. The molecular formula is C29H28N4O2. The Morgan fingerprint density at radius 1 is 0.914 bits per heavy atom. The molecule has 176 valence electrons. The number of para-hydroxylation sites is 1. The van der Waals surface area contributed by atoms with Crippen LogP contribution in [0.3, 0.4) is 0 Å². The first-order valence-corrected chi connectivity index (χ1v) is 12.2. The third-order valence-corrected chi connectivity index (χ3v) is 6.98. The summed E-state index contributed by atoms with van der Waals surface area (Å²) in [5.41, 5.74) is 2.80. The first kappa shape index (κ1) is 21.6. The largest absolute Gasteiger partial charge is 0.489 e. The minimum absolute atomic E-state index is 0.186. The van der Waals surface area contributed by atoms with Crippen LogP contribution in [0.1, 0.15) is 37.1 Å². The number of pyridine rings is 1. The quantitative estimate of drug-likeness (QED) is 0.338. The summed E-state index contributed by atoms with van der Waals surface area (Å²) in [4.78, 5) is 17.3. The number of nitrogens with zero attached hydrogens (tertiary/aromatic N) is 4. The van der Waals surface area contributed by atoms with E-state index in [0.717, 1.165) is 35.2 Å². The van der Waals surface area contributed by atoms with Crippen LogP contribution in [-0.2, 0) is 6.61 Å². The lowest BCUT2D eigenvalue weighted by Crippen LogP contribution is -2.27. The molecule has 0 bridgehead atoms. The highest BCUT2D eigenvalue weighted by Crippen LogP contribution is 2.29. The molecule has 35 heavy (non-hydrogen) atoms. The number of rotatable bonds is 6. The lowest BCUT2D eigenvalue weighted by Gasteiger charge is -2.22. The number of aromatic nitrogens is 3. The molecule has 1 fully saturated rings. The van der Waals surface area contributed by atoms with Crippen LogP contribution in [0.15, 0.2) is 89.9 Å². The average molecular weight is 465 g/mol. The Kier molecular flexibility index (Phi) is 5.58. The maximum absolute atomic E-state index is 13.1. The summed E-state index contributed by atoms with van der Waals surface area (Å²) in [5.74, 6) is 0.543. The molecule has 1 aliphatic heterocycles. The molecule has 0 spiro atoms. The summed E-state index contributed by atoms with van der Waals surface area (Å²) in [5, 5.41) is 8.37. The van der Waals surface area contributed by atoms with Gasteiger partial charge in [-0.15, -0.1) is 0 Å². The molecule has 6 rings (SSSR count). The maximum atomic E-state index is 13.1. The van der Waals surface area contributed by atoms with Crippen molar-refractivity contribution in [2.75, 3.05) is 13.1 Å². The molecule has 5 aromatic rings. The second-order valence-corrected chi connectivity index (χ2v) is 9.23. The normalized spacial score (nSPS) is 15.1. The van der Waals surface area contributed by atoms with Gasteiger partial charge in [0.2, 0.25) is 0 Å². The Bertz CT molecular complexity index is 1560. The lowest BCUT2D eigenvalue weighted by molar-refractivity contribution is 0.258. The van der Waals surface area contributed by atoms with E-state index in [1.807, 2.05) is 36.4 Å². The Balaban J connectivity index is 1.28. The second kappa shape index (κ2) is 9.04. The van der Waals surface area contributed by atoms with E-state index in [1.54, 1.807) is 15.7 Å². The topological polar surface area (TPSA) is 52.3 Å². The Morgan fingerprint density at radius 3 is 2.51 bits per heavy atom. The van der Waals surface area contributed by atoms with Crippen LogP contribution in [0.25, 0.3) is 21.7 Å². The van der Waals surface area contributed by atoms with Gasteiger partial charge in [-0.2, -0.15) is 9.89 Å². The van der Waals surface area contributed by atoms with E-state index in [9.17, 15) is 4.79 Å². The van der Waals surface area contributed by atoms with Gasteiger partial charge in [-0.25, -0.2) is 4.68 Å². The minimum Gasteiger partial charge on any atom is -0.489 e. The van der Waals surface area contributed by atoms with Crippen LogP contribution >= 0.6 is 0 Å². The lowest BCUT2D eigenvalue weighted by atomic mass is 10.1. The zero-order valence-corrected chi connectivity index (χ0v) is 19.8. The molecule has 3 heterocycles. The van der Waals surface area contributed by atoms with Gasteiger partial charge in [0.15, 0.2) is 0 Å². The van der Waals surface area contributed by atoms with Gasteiger partial charge in [0.1, 0.15) is 12.4 Å². The molecule has 0 saturated carbocycles. The molecule has 0 N–H and O–H groups in total. The third-order valence-electron chi connectivity index (χ3n) is 6.98. The van der Waals surface area contributed by atoms with Crippen LogP contribution < -0.4 is 10.3 Å². The summed E-state index contributed by atoms with van der Waals surface area (Å²) in [6.07, 6.45) is 4.19. The highest BCUT2D eigenvalue weighted by molar-refractivity contribution is 5.83. The van der Waals surface area contributed by atoms with E-state index < -0.39 is 0 Å². The standard InChI is InChI=1S/C29H28N4O2/c1-21(31-15-6-7-16-31)29-26-10-4-5-11-27(26)33(30-29)32-17-14-25(19-28(32)34)35-20-22-12-13-23-8-2-3-9-24(23)18-22/h2-5,8-14,17-19,21H,6-7,15-16,20H2,1H3. The summed E-state index contributed by atoms with van der Waals surface area (Å²) < 4.78 is 7.51. The molecule has 0 amide bonds. The van der Waals surface area contributed by atoms with E-state index in [0.29, 0.717) is 12.4 Å². The number of fused-ring (bicyclic) bond motifs is 2. The number of hydrogen-bond acceptors (Lipinski definition) is 4. The van der Waals surface area contributed by atoms with Crippen LogP contribution in [-0.4, -0.2) is 32.6 Å². The van der Waals surface area contributed by atoms with Crippen molar-refractivity contribution in [3.63, 3.8) is 0 Å². The van der Waals surface area contributed by atoms with Crippen molar-refractivity contribution in [1.29, 1.82) is 0 Å². The van der Waals surface area contributed by atoms with Gasteiger partial charge >= 0.3 is 0 Å². The molecular weight excluding hydrogens is 436 g/mol. The molecule has 6 nitrogen and oxygen atoms in total. The van der Waals surface area contributed by atoms with E-state index in [-0.39, 0.29) is 11.6 Å². The number of likely N-dealkylation sites (tertiary alicyclic amines) is 1. The second-order valence-electron chi connectivity index (χ2n) is 9.23. The van der Waals surface area contributed by atoms with E-state index in [1.165, 1.54) is 29.7 Å². The number of hydrogen-bond donors (Lipinski definition) is 0. The fourth-order valence-electron chi connectivity index (χ4n) is 5.04. The minimum atomic E-state index is -0.186. The predicted molar refractivity (Wildman–Crippen MR) is 139 cm³/mol. The van der Waals surface area contributed by atoms with Gasteiger partial charge in [0.05, 0.1) is 17.3 Å². The van der Waals surface area contributed by atoms with Crippen LogP contribution in [0.4, 0.5) is 0 Å². The predicted octanol–water partition coefficient (Wildman–Crippen LogP) is 5.40. The highest BCUT2D eigenvalue weighted by atomic mass is 16.5. The summed E-state index contributed by atoms with van der Waals surface area (Å²) >= 11 is 0. The molecule has 0 radical (unpaired) electrons. The highest BCUT2D eigenvalue weighted by Gasteiger charge is 2.24. The monoisotopic (exact) mass is 464 g/mol. The van der Waals surface area contributed by atoms with Crippen molar-refractivity contribution in [3.8, 4) is 5.75 Å². The van der Waals surface area contributed by atoms with Crippen molar-refractivity contribution >= 4 is 21.7 Å². The molecule has 1 saturated heterocycles. The maximum Gasteiger partial charge on any atom is 0.274 e. The fraction of sp³-hybridized carbons (Fsp3) is 0.241.